The topological polar surface area (TPSA) is 37.3 Å². The summed E-state index contributed by atoms with van der Waals surface area (Å²) in [5, 5.41) is 10.1. The van der Waals surface area contributed by atoms with Crippen molar-refractivity contribution in [1.29, 1.82) is 0 Å². The van der Waals surface area contributed by atoms with Gasteiger partial charge >= 0.3 is 0 Å². The third-order valence-corrected chi connectivity index (χ3v) is 7.89. The molecule has 4 aliphatic carbocycles. The Kier molecular flexibility index (Phi) is 2.63. The van der Waals surface area contributed by atoms with E-state index in [9.17, 15) is 9.90 Å². The lowest BCUT2D eigenvalue weighted by Gasteiger charge is -2.60. The van der Waals surface area contributed by atoms with Crippen LogP contribution < -0.4 is 0 Å². The molecule has 0 aliphatic heterocycles. The molecule has 0 bridgehead atoms. The summed E-state index contributed by atoms with van der Waals surface area (Å²) in [6, 6.07) is 0. The van der Waals surface area contributed by atoms with Crippen LogP contribution in [0.25, 0.3) is 0 Å². The van der Waals surface area contributed by atoms with Gasteiger partial charge in [0, 0.05) is 14.6 Å². The van der Waals surface area contributed by atoms with E-state index in [1.165, 1.54) is 0 Å². The van der Waals surface area contributed by atoms with Crippen LogP contribution in [0.5, 0.6) is 0 Å². The van der Waals surface area contributed by atoms with Gasteiger partial charge in [0.05, 0.1) is 6.10 Å². The van der Waals surface area contributed by atoms with E-state index in [1.807, 2.05) is 0 Å². The summed E-state index contributed by atoms with van der Waals surface area (Å²) in [4.78, 5) is 12.4. The van der Waals surface area contributed by atoms with Gasteiger partial charge in [0.1, 0.15) is 5.78 Å². The maximum Gasteiger partial charge on any atom is 0.139 e. The quantitative estimate of drug-likeness (QED) is 0.734. The van der Waals surface area contributed by atoms with Crippen LogP contribution in [0.1, 0.15) is 74.3 Å². The van der Waals surface area contributed by atoms with Crippen molar-refractivity contribution in [3.05, 3.63) is 0 Å². The second-order valence-electron chi connectivity index (χ2n) is 8.62. The van der Waals surface area contributed by atoms with Crippen molar-refractivity contribution in [3.63, 3.8) is 0 Å². The maximum atomic E-state index is 12.4. The van der Waals surface area contributed by atoms with Gasteiger partial charge in [0.15, 0.2) is 0 Å². The van der Waals surface area contributed by atoms with Crippen LogP contribution in [0.15, 0.2) is 0 Å². The SMILES string of the molecule is [2H]C1([2H])C[C@@H](O)CC2CC[C@@H]3[C@H](CC[C@]4(C)C(=O)CC[C@@H]34)[C@]21C. The minimum atomic E-state index is -1.30. The van der Waals surface area contributed by atoms with Crippen LogP contribution in [0, 0.1) is 34.5 Å². The molecule has 2 nitrogen and oxygen atoms in total. The van der Waals surface area contributed by atoms with E-state index in [1.54, 1.807) is 0 Å². The molecular weight excluding hydrogens is 260 g/mol. The third kappa shape index (κ3) is 1.84. The van der Waals surface area contributed by atoms with Gasteiger partial charge in [-0.05, 0) is 80.4 Å². The summed E-state index contributed by atoms with van der Waals surface area (Å²) in [6.45, 7) is 4.34. The first-order valence-electron chi connectivity index (χ1n) is 9.91. The summed E-state index contributed by atoms with van der Waals surface area (Å²) >= 11 is 0. The van der Waals surface area contributed by atoms with Gasteiger partial charge < -0.3 is 5.11 Å². The molecule has 4 saturated carbocycles. The minimum absolute atomic E-state index is 0.134. The number of hydrogen-bond donors (Lipinski definition) is 1. The highest BCUT2D eigenvalue weighted by molar-refractivity contribution is 5.87. The fourth-order valence-corrected chi connectivity index (χ4v) is 6.59. The fourth-order valence-electron chi connectivity index (χ4n) is 6.59. The molecule has 0 aromatic heterocycles. The molecule has 0 spiro atoms. The standard InChI is InChI=1S/C19H30O2/c1-18-9-7-13(20)11-12(18)3-4-14-15-5-6-17(21)19(15,2)10-8-16(14)18/h12-16,20H,3-11H2,1-2H3/t12?,13-,14+,15+,16+,18+,19+/m1/s1/i9D2. The van der Waals surface area contributed by atoms with E-state index in [2.05, 4.69) is 13.8 Å². The van der Waals surface area contributed by atoms with Gasteiger partial charge in [-0.1, -0.05) is 13.8 Å². The normalized spacial score (nSPS) is 60.3. The Bertz CT molecular complexity index is 533. The number of ketones is 1. The largest absolute Gasteiger partial charge is 0.393 e. The van der Waals surface area contributed by atoms with Gasteiger partial charge in [0.25, 0.3) is 0 Å². The molecule has 0 amide bonds. The Balaban J connectivity index is 1.71. The zero-order valence-electron chi connectivity index (χ0n) is 15.4. The van der Waals surface area contributed by atoms with Gasteiger partial charge in [0.2, 0.25) is 0 Å². The molecule has 0 aromatic rings. The van der Waals surface area contributed by atoms with Crippen molar-refractivity contribution < 1.29 is 12.6 Å². The first kappa shape index (κ1) is 12.1. The molecule has 7 atom stereocenters. The lowest BCUT2D eigenvalue weighted by molar-refractivity contribution is -0.142. The van der Waals surface area contributed by atoms with Crippen LogP contribution in [-0.4, -0.2) is 17.0 Å². The minimum Gasteiger partial charge on any atom is -0.393 e. The van der Waals surface area contributed by atoms with Crippen molar-refractivity contribution in [2.24, 2.45) is 34.5 Å². The van der Waals surface area contributed by atoms with Gasteiger partial charge in [-0.25, -0.2) is 0 Å². The highest BCUT2D eigenvalue weighted by Crippen LogP contribution is 2.65. The average Bonchev–Trinajstić information content (AvgIpc) is 2.76. The zero-order valence-corrected chi connectivity index (χ0v) is 13.4. The van der Waals surface area contributed by atoms with Crippen molar-refractivity contribution in [1.82, 2.24) is 0 Å². The molecule has 1 unspecified atom stereocenters. The number of Topliss-reactive ketones (excluding diaryl/α,β-unsaturated/α-hetero) is 1. The summed E-state index contributed by atoms with van der Waals surface area (Å²) in [5.41, 5.74) is -0.465. The summed E-state index contributed by atoms with van der Waals surface area (Å²) in [5.74, 6) is 2.10. The molecule has 0 radical (unpaired) electrons. The van der Waals surface area contributed by atoms with Crippen LogP contribution in [0.2, 0.25) is 0 Å². The molecule has 2 heteroatoms. The number of carbonyl (C=O) groups excluding carboxylic acids is 1. The number of fused-ring (bicyclic) bond motifs is 5. The van der Waals surface area contributed by atoms with E-state index in [0.29, 0.717) is 29.5 Å². The van der Waals surface area contributed by atoms with Crippen LogP contribution >= 0.6 is 0 Å². The van der Waals surface area contributed by atoms with E-state index < -0.39 is 12.5 Å². The van der Waals surface area contributed by atoms with Gasteiger partial charge in [-0.2, -0.15) is 0 Å². The number of aliphatic hydroxyl groups is 1. The highest BCUT2D eigenvalue weighted by Gasteiger charge is 2.60. The van der Waals surface area contributed by atoms with E-state index in [4.69, 9.17) is 2.74 Å². The Hall–Kier alpha value is -0.370. The third-order valence-electron chi connectivity index (χ3n) is 7.89. The lowest BCUT2D eigenvalue weighted by atomic mass is 9.45. The zero-order chi connectivity index (χ0) is 16.6. The molecule has 21 heavy (non-hydrogen) atoms. The highest BCUT2D eigenvalue weighted by atomic mass is 16.3. The second kappa shape index (κ2) is 4.57. The van der Waals surface area contributed by atoms with Gasteiger partial charge in [-0.3, -0.25) is 4.79 Å². The number of rotatable bonds is 0. The number of carbonyl (C=O) groups is 1. The van der Waals surface area contributed by atoms with Crippen molar-refractivity contribution in [2.45, 2.75) is 77.7 Å². The van der Waals surface area contributed by atoms with Crippen LogP contribution in [0.4, 0.5) is 0 Å². The lowest BCUT2D eigenvalue weighted by Crippen LogP contribution is -2.54. The van der Waals surface area contributed by atoms with Crippen molar-refractivity contribution >= 4 is 5.78 Å². The average molecular weight is 292 g/mol. The first-order valence-corrected chi connectivity index (χ1v) is 8.91. The predicted molar refractivity (Wildman–Crippen MR) is 82.7 cm³/mol. The Morgan fingerprint density at radius 3 is 2.76 bits per heavy atom. The number of hydrogen-bond acceptors (Lipinski definition) is 2. The summed E-state index contributed by atoms with van der Waals surface area (Å²) < 4.78 is 17.4. The molecule has 0 saturated heterocycles. The fraction of sp³-hybridized carbons (Fsp3) is 0.947. The second-order valence-corrected chi connectivity index (χ2v) is 8.62. The molecule has 0 heterocycles. The molecule has 4 aliphatic rings. The van der Waals surface area contributed by atoms with E-state index >= 15 is 0 Å². The first-order chi connectivity index (χ1) is 10.7. The Morgan fingerprint density at radius 1 is 1.14 bits per heavy atom. The van der Waals surface area contributed by atoms with Crippen LogP contribution in [0.3, 0.4) is 0 Å². The van der Waals surface area contributed by atoms with Crippen molar-refractivity contribution in [3.8, 4) is 0 Å². The monoisotopic (exact) mass is 292 g/mol. The molecular formula is C19H30O2. The van der Waals surface area contributed by atoms with Crippen LogP contribution in [-0.2, 0) is 4.79 Å². The number of aliphatic hydroxyl groups excluding tert-OH is 1. The van der Waals surface area contributed by atoms with Crippen molar-refractivity contribution in [2.75, 3.05) is 0 Å². The van der Waals surface area contributed by atoms with E-state index in [0.717, 1.165) is 44.9 Å². The summed E-state index contributed by atoms with van der Waals surface area (Å²) in [6.07, 6.45) is 5.10. The Morgan fingerprint density at radius 2 is 1.95 bits per heavy atom. The molecule has 0 aromatic carbocycles. The molecule has 4 rings (SSSR count). The maximum absolute atomic E-state index is 12.4. The smallest absolute Gasteiger partial charge is 0.139 e. The van der Waals surface area contributed by atoms with E-state index in [-0.39, 0.29) is 17.3 Å². The molecule has 4 fully saturated rings. The summed E-state index contributed by atoms with van der Waals surface area (Å²) in [7, 11) is 0. The Labute approximate surface area is 131 Å². The predicted octanol–water partition coefficient (Wildman–Crippen LogP) is 3.96. The van der Waals surface area contributed by atoms with Gasteiger partial charge in [-0.15, -0.1) is 0 Å². The molecule has 1 N–H and O–H groups in total. The molecule has 118 valence electrons.